The molecule has 0 saturated carbocycles. The van der Waals surface area contributed by atoms with Crippen LogP contribution in [-0.4, -0.2) is 65.0 Å². The Kier molecular flexibility index (Phi) is 4.82. The van der Waals surface area contributed by atoms with E-state index in [1.807, 2.05) is 4.90 Å². The minimum Gasteiger partial charge on any atom is -0.368 e. The number of H-pyrrole nitrogens is 1. The third kappa shape index (κ3) is 3.49. The minimum absolute atomic E-state index is 0.0471. The number of nitrogens with zero attached hydrogens (tertiary/aromatic N) is 5. The van der Waals surface area contributed by atoms with Crippen molar-refractivity contribution in [1.82, 2.24) is 19.9 Å². The summed E-state index contributed by atoms with van der Waals surface area (Å²) in [5.74, 6) is 0.973. The zero-order valence-electron chi connectivity index (χ0n) is 16.8. The number of benzene rings is 1. The molecular weight excluding hydrogens is 380 g/mol. The molecule has 2 fully saturated rings. The second-order valence-corrected chi connectivity index (χ2v) is 7.81. The normalized spacial score (nSPS) is 17.0. The van der Waals surface area contributed by atoms with Gasteiger partial charge < -0.3 is 19.7 Å². The van der Waals surface area contributed by atoms with Gasteiger partial charge in [-0.2, -0.15) is 0 Å². The van der Waals surface area contributed by atoms with Crippen molar-refractivity contribution < 1.29 is 4.79 Å². The Balaban J connectivity index is 1.33. The smallest absolute Gasteiger partial charge is 0.255 e. The average molecular weight is 404 g/mol. The Hall–Kier alpha value is -3.42. The van der Waals surface area contributed by atoms with E-state index in [-0.39, 0.29) is 11.5 Å². The predicted octanol–water partition coefficient (Wildman–Crippen LogP) is 1.88. The lowest BCUT2D eigenvalue weighted by Gasteiger charge is -2.36. The van der Waals surface area contributed by atoms with Crippen LogP contribution in [0.4, 0.5) is 11.5 Å². The molecule has 0 unspecified atom stereocenters. The summed E-state index contributed by atoms with van der Waals surface area (Å²) in [4.78, 5) is 42.0. The van der Waals surface area contributed by atoms with Crippen LogP contribution >= 0.6 is 0 Å². The van der Waals surface area contributed by atoms with Gasteiger partial charge >= 0.3 is 0 Å². The zero-order chi connectivity index (χ0) is 20.5. The molecule has 8 nitrogen and oxygen atoms in total. The molecule has 8 heteroatoms. The van der Waals surface area contributed by atoms with Crippen molar-refractivity contribution in [2.75, 3.05) is 49.1 Å². The molecule has 3 aromatic rings. The van der Waals surface area contributed by atoms with E-state index in [9.17, 15) is 9.59 Å². The molecule has 5 rings (SSSR count). The summed E-state index contributed by atoms with van der Waals surface area (Å²) < 4.78 is 0. The van der Waals surface area contributed by atoms with Gasteiger partial charge in [0, 0.05) is 62.6 Å². The van der Waals surface area contributed by atoms with Crippen molar-refractivity contribution >= 4 is 28.3 Å². The molecule has 2 aromatic heterocycles. The number of hydrogen-bond donors (Lipinski definition) is 1. The molecule has 0 radical (unpaired) electrons. The van der Waals surface area contributed by atoms with Gasteiger partial charge in [-0.25, -0.2) is 9.97 Å². The van der Waals surface area contributed by atoms with Crippen LogP contribution < -0.4 is 15.4 Å². The highest BCUT2D eigenvalue weighted by Gasteiger charge is 2.23. The third-order valence-electron chi connectivity index (χ3n) is 5.97. The fourth-order valence-corrected chi connectivity index (χ4v) is 4.30. The molecule has 1 N–H and O–H groups in total. The van der Waals surface area contributed by atoms with Crippen LogP contribution in [0.5, 0.6) is 0 Å². The van der Waals surface area contributed by atoms with Crippen LogP contribution in [0.2, 0.25) is 0 Å². The number of carbonyl (C=O) groups is 1. The minimum atomic E-state index is -0.204. The lowest BCUT2D eigenvalue weighted by Crippen LogP contribution is -2.48. The highest BCUT2D eigenvalue weighted by Crippen LogP contribution is 2.30. The van der Waals surface area contributed by atoms with Crippen molar-refractivity contribution in [1.29, 1.82) is 0 Å². The van der Waals surface area contributed by atoms with E-state index >= 15 is 0 Å². The van der Waals surface area contributed by atoms with Crippen LogP contribution in [0.3, 0.4) is 0 Å². The summed E-state index contributed by atoms with van der Waals surface area (Å²) in [5, 5.41) is 1.09. The first-order valence-electron chi connectivity index (χ1n) is 10.4. The third-order valence-corrected chi connectivity index (χ3v) is 5.97. The van der Waals surface area contributed by atoms with Crippen LogP contribution in [0, 0.1) is 0 Å². The number of amides is 1. The number of fused-ring (bicyclic) bond motifs is 1. The van der Waals surface area contributed by atoms with Crippen molar-refractivity contribution in [2.24, 2.45) is 0 Å². The van der Waals surface area contributed by atoms with Crippen molar-refractivity contribution in [2.45, 2.75) is 12.8 Å². The van der Waals surface area contributed by atoms with Gasteiger partial charge in [0.25, 0.3) is 5.91 Å². The van der Waals surface area contributed by atoms with E-state index in [0.29, 0.717) is 18.7 Å². The van der Waals surface area contributed by atoms with Crippen molar-refractivity contribution in [3.63, 3.8) is 0 Å². The van der Waals surface area contributed by atoms with Crippen LogP contribution in [0.25, 0.3) is 10.9 Å². The summed E-state index contributed by atoms with van der Waals surface area (Å²) in [6.07, 6.45) is 5.55. The molecule has 30 heavy (non-hydrogen) atoms. The van der Waals surface area contributed by atoms with Gasteiger partial charge in [0.2, 0.25) is 5.56 Å². The number of carbonyl (C=O) groups excluding carboxylic acids is 1. The maximum absolute atomic E-state index is 12.7. The number of anilines is 2. The lowest BCUT2D eigenvalue weighted by molar-refractivity contribution is 0.0746. The molecule has 2 saturated heterocycles. The van der Waals surface area contributed by atoms with E-state index in [4.69, 9.17) is 0 Å². The highest BCUT2D eigenvalue weighted by atomic mass is 16.2. The molecule has 2 aliphatic heterocycles. The fraction of sp³-hybridized carbons (Fsp3) is 0.364. The zero-order valence-corrected chi connectivity index (χ0v) is 16.8. The van der Waals surface area contributed by atoms with Crippen molar-refractivity contribution in [3.8, 4) is 0 Å². The monoisotopic (exact) mass is 404 g/mol. The van der Waals surface area contributed by atoms with Gasteiger partial charge in [-0.05, 0) is 37.1 Å². The second-order valence-electron chi connectivity index (χ2n) is 7.81. The molecule has 1 amide bonds. The van der Waals surface area contributed by atoms with Crippen LogP contribution in [0.1, 0.15) is 23.2 Å². The first-order valence-corrected chi connectivity index (χ1v) is 10.4. The molecule has 0 atom stereocenters. The number of hydrogen-bond acceptors (Lipinski definition) is 6. The second kappa shape index (κ2) is 7.78. The first kappa shape index (κ1) is 18.6. The van der Waals surface area contributed by atoms with E-state index in [1.165, 1.54) is 25.1 Å². The van der Waals surface area contributed by atoms with Crippen molar-refractivity contribution in [3.05, 3.63) is 58.8 Å². The van der Waals surface area contributed by atoms with Gasteiger partial charge in [0.15, 0.2) is 0 Å². The average Bonchev–Trinajstić information content (AvgIpc) is 3.33. The van der Waals surface area contributed by atoms with E-state index in [1.54, 1.807) is 12.4 Å². The summed E-state index contributed by atoms with van der Waals surface area (Å²) in [5.41, 5.74) is 2.41. The Labute approximate surface area is 174 Å². The molecule has 4 heterocycles. The van der Waals surface area contributed by atoms with Crippen LogP contribution in [0.15, 0.2) is 47.7 Å². The highest BCUT2D eigenvalue weighted by molar-refractivity contribution is 5.94. The molecule has 154 valence electrons. The number of aromatic amines is 1. The predicted molar refractivity (Wildman–Crippen MR) is 116 cm³/mol. The summed E-state index contributed by atoms with van der Waals surface area (Å²) in [6.45, 7) is 4.88. The van der Waals surface area contributed by atoms with Gasteiger partial charge in [-0.1, -0.05) is 0 Å². The van der Waals surface area contributed by atoms with E-state index in [2.05, 4.69) is 43.0 Å². The van der Waals surface area contributed by atoms with Gasteiger partial charge in [-0.3, -0.25) is 9.59 Å². The van der Waals surface area contributed by atoms with Crippen LogP contribution in [-0.2, 0) is 0 Å². The number of rotatable bonds is 3. The van der Waals surface area contributed by atoms with Gasteiger partial charge in [-0.15, -0.1) is 0 Å². The molecular formula is C22H24N6O2. The SMILES string of the molecule is O=C(c1ccc(=O)[nH]c1)N1CCN(c2ccc3ncnc(N4CCCC4)c3c2)CC1. The summed E-state index contributed by atoms with van der Waals surface area (Å²) >= 11 is 0. The Morgan fingerprint density at radius 1 is 0.900 bits per heavy atom. The number of nitrogens with one attached hydrogen (secondary N) is 1. The molecule has 0 spiro atoms. The Bertz CT molecular complexity index is 1110. The largest absolute Gasteiger partial charge is 0.368 e. The standard InChI is InChI=1S/C22H24N6O2/c29-20-6-3-16(14-23-20)22(30)28-11-9-26(10-12-28)17-4-5-19-18(13-17)21(25-15-24-19)27-7-1-2-8-27/h3-6,13-15H,1-2,7-12H2,(H,23,29). The number of piperazine rings is 1. The fourth-order valence-electron chi connectivity index (χ4n) is 4.30. The molecule has 2 aliphatic rings. The Morgan fingerprint density at radius 3 is 2.43 bits per heavy atom. The quantitative estimate of drug-likeness (QED) is 0.718. The molecule has 1 aromatic carbocycles. The summed E-state index contributed by atoms with van der Waals surface area (Å²) in [7, 11) is 0. The van der Waals surface area contributed by atoms with E-state index in [0.717, 1.165) is 48.6 Å². The maximum atomic E-state index is 12.7. The van der Waals surface area contributed by atoms with Gasteiger partial charge in [0.05, 0.1) is 11.1 Å². The lowest BCUT2D eigenvalue weighted by atomic mass is 10.1. The maximum Gasteiger partial charge on any atom is 0.255 e. The number of pyridine rings is 1. The van der Waals surface area contributed by atoms with E-state index < -0.39 is 0 Å². The number of aromatic nitrogens is 3. The molecule has 0 bridgehead atoms. The van der Waals surface area contributed by atoms with Gasteiger partial charge in [0.1, 0.15) is 12.1 Å². The molecule has 0 aliphatic carbocycles. The topological polar surface area (TPSA) is 85.4 Å². The summed E-state index contributed by atoms with van der Waals surface area (Å²) in [6, 6.07) is 9.31. The Morgan fingerprint density at radius 2 is 1.70 bits per heavy atom. The first-order chi connectivity index (χ1) is 14.7.